The molecule has 2 aromatic carbocycles. The van der Waals surface area contributed by atoms with Crippen molar-refractivity contribution in [2.45, 2.75) is 18.3 Å². The molecule has 3 rings (SSSR count). The predicted octanol–water partition coefficient (Wildman–Crippen LogP) is 4.42. The molecule has 0 amide bonds. The van der Waals surface area contributed by atoms with Gasteiger partial charge in [0.25, 0.3) is 0 Å². The van der Waals surface area contributed by atoms with Gasteiger partial charge in [-0.15, -0.1) is 0 Å². The molecule has 3 atom stereocenters. The van der Waals surface area contributed by atoms with Crippen molar-refractivity contribution in [2.24, 2.45) is 5.92 Å². The van der Waals surface area contributed by atoms with Gasteiger partial charge in [0.2, 0.25) is 0 Å². The van der Waals surface area contributed by atoms with E-state index >= 15 is 0 Å². The highest BCUT2D eigenvalue weighted by Gasteiger charge is 2.47. The molecule has 0 radical (unpaired) electrons. The molecule has 1 saturated carbocycles. The van der Waals surface area contributed by atoms with Gasteiger partial charge in [-0.3, -0.25) is 4.79 Å². The number of rotatable bonds is 4. The Hall–Kier alpha value is -1.61. The van der Waals surface area contributed by atoms with Crippen LogP contribution in [-0.2, 0) is 4.79 Å². The highest BCUT2D eigenvalue weighted by Crippen LogP contribution is 2.55. The molecule has 1 N–H and O–H groups in total. The second-order valence-electron chi connectivity index (χ2n) is 5.28. The second-order valence-corrected chi connectivity index (χ2v) is 6.20. The standard InChI is InChI=1S/C17H15BrO2/c18-13-8-6-12(7-9-13)16(17(19)20)15-10-14(15)11-4-2-1-3-5-11/h1-9,14-16H,10H2,(H,19,20). The Morgan fingerprint density at radius 1 is 1.10 bits per heavy atom. The zero-order valence-electron chi connectivity index (χ0n) is 10.9. The van der Waals surface area contributed by atoms with Gasteiger partial charge in [-0.2, -0.15) is 0 Å². The van der Waals surface area contributed by atoms with Crippen LogP contribution in [0.1, 0.15) is 29.4 Å². The third-order valence-corrected chi connectivity index (χ3v) is 4.52. The van der Waals surface area contributed by atoms with Gasteiger partial charge in [0.15, 0.2) is 0 Å². The number of halogens is 1. The molecule has 0 aliphatic heterocycles. The third-order valence-electron chi connectivity index (χ3n) is 3.99. The topological polar surface area (TPSA) is 37.3 Å². The lowest BCUT2D eigenvalue weighted by atomic mass is 9.92. The molecule has 3 heteroatoms. The Kier molecular flexibility index (Phi) is 3.62. The summed E-state index contributed by atoms with van der Waals surface area (Å²) in [5, 5.41) is 9.56. The van der Waals surface area contributed by atoms with Crippen molar-refractivity contribution in [2.75, 3.05) is 0 Å². The van der Waals surface area contributed by atoms with E-state index in [1.165, 1.54) is 5.56 Å². The van der Waals surface area contributed by atoms with Crippen LogP contribution in [0.3, 0.4) is 0 Å². The number of hydrogen-bond acceptors (Lipinski definition) is 1. The highest BCUT2D eigenvalue weighted by atomic mass is 79.9. The molecule has 1 aliphatic carbocycles. The molecule has 102 valence electrons. The monoisotopic (exact) mass is 330 g/mol. The van der Waals surface area contributed by atoms with E-state index < -0.39 is 11.9 Å². The van der Waals surface area contributed by atoms with Crippen molar-refractivity contribution in [3.63, 3.8) is 0 Å². The van der Waals surface area contributed by atoms with Crippen LogP contribution in [0.4, 0.5) is 0 Å². The fraction of sp³-hybridized carbons (Fsp3) is 0.235. The Labute approximate surface area is 126 Å². The maximum absolute atomic E-state index is 11.6. The maximum Gasteiger partial charge on any atom is 0.311 e. The van der Waals surface area contributed by atoms with Crippen LogP contribution < -0.4 is 0 Å². The fourth-order valence-electron chi connectivity index (χ4n) is 2.91. The molecular weight excluding hydrogens is 316 g/mol. The largest absolute Gasteiger partial charge is 0.481 e. The van der Waals surface area contributed by atoms with E-state index in [0.717, 1.165) is 16.5 Å². The Morgan fingerprint density at radius 3 is 2.35 bits per heavy atom. The van der Waals surface area contributed by atoms with Gasteiger partial charge in [0, 0.05) is 4.47 Å². The number of carboxylic acids is 1. The molecule has 0 heterocycles. The zero-order chi connectivity index (χ0) is 14.1. The van der Waals surface area contributed by atoms with Gasteiger partial charge in [-0.1, -0.05) is 58.4 Å². The zero-order valence-corrected chi connectivity index (χ0v) is 12.5. The van der Waals surface area contributed by atoms with Crippen LogP contribution in [0.15, 0.2) is 59.1 Å². The fourth-order valence-corrected chi connectivity index (χ4v) is 3.17. The molecule has 20 heavy (non-hydrogen) atoms. The molecule has 0 spiro atoms. The van der Waals surface area contributed by atoms with Crippen molar-refractivity contribution < 1.29 is 9.90 Å². The minimum Gasteiger partial charge on any atom is -0.481 e. The summed E-state index contributed by atoms with van der Waals surface area (Å²) in [6.07, 6.45) is 0.955. The van der Waals surface area contributed by atoms with Gasteiger partial charge in [0.1, 0.15) is 0 Å². The third kappa shape index (κ3) is 2.63. The number of carboxylic acid groups (broad SMARTS) is 1. The smallest absolute Gasteiger partial charge is 0.311 e. The number of aliphatic carboxylic acids is 1. The summed E-state index contributed by atoms with van der Waals surface area (Å²) in [6.45, 7) is 0. The van der Waals surface area contributed by atoms with E-state index in [1.54, 1.807) is 0 Å². The van der Waals surface area contributed by atoms with Gasteiger partial charge < -0.3 is 5.11 Å². The quantitative estimate of drug-likeness (QED) is 0.900. The van der Waals surface area contributed by atoms with Crippen molar-refractivity contribution in [1.82, 2.24) is 0 Å². The number of benzene rings is 2. The average molecular weight is 331 g/mol. The average Bonchev–Trinajstić information content (AvgIpc) is 3.22. The van der Waals surface area contributed by atoms with E-state index in [-0.39, 0.29) is 5.92 Å². The Morgan fingerprint density at radius 2 is 1.75 bits per heavy atom. The predicted molar refractivity (Wildman–Crippen MR) is 81.8 cm³/mol. The summed E-state index contributed by atoms with van der Waals surface area (Å²) < 4.78 is 0.973. The van der Waals surface area contributed by atoms with Gasteiger partial charge in [-0.25, -0.2) is 0 Å². The van der Waals surface area contributed by atoms with Crippen LogP contribution >= 0.6 is 15.9 Å². The molecule has 1 fully saturated rings. The molecule has 3 unspecified atom stereocenters. The molecule has 1 aliphatic rings. The summed E-state index contributed by atoms with van der Waals surface area (Å²) in [7, 11) is 0. The highest BCUT2D eigenvalue weighted by molar-refractivity contribution is 9.10. The van der Waals surface area contributed by atoms with Crippen LogP contribution in [0.5, 0.6) is 0 Å². The van der Waals surface area contributed by atoms with E-state index in [0.29, 0.717) is 5.92 Å². The lowest BCUT2D eigenvalue weighted by molar-refractivity contribution is -0.139. The van der Waals surface area contributed by atoms with E-state index in [4.69, 9.17) is 0 Å². The van der Waals surface area contributed by atoms with Gasteiger partial charge >= 0.3 is 5.97 Å². The lowest BCUT2D eigenvalue weighted by Crippen LogP contribution is -2.14. The molecular formula is C17H15BrO2. The lowest BCUT2D eigenvalue weighted by Gasteiger charge is -2.13. The first-order chi connectivity index (χ1) is 9.66. The van der Waals surface area contributed by atoms with Crippen molar-refractivity contribution >= 4 is 21.9 Å². The summed E-state index contributed by atoms with van der Waals surface area (Å²) in [4.78, 5) is 11.6. The van der Waals surface area contributed by atoms with E-state index in [9.17, 15) is 9.90 Å². The molecule has 0 aromatic heterocycles. The summed E-state index contributed by atoms with van der Waals surface area (Å²) in [6, 6.07) is 17.8. The minimum absolute atomic E-state index is 0.205. The van der Waals surface area contributed by atoms with Crippen LogP contribution in [-0.4, -0.2) is 11.1 Å². The van der Waals surface area contributed by atoms with Crippen molar-refractivity contribution in [1.29, 1.82) is 0 Å². The summed E-state index contributed by atoms with van der Waals surface area (Å²) in [5.74, 6) is -0.555. The first kappa shape index (κ1) is 13.4. The van der Waals surface area contributed by atoms with Crippen molar-refractivity contribution in [3.8, 4) is 0 Å². The first-order valence-corrected chi connectivity index (χ1v) is 7.49. The normalized spacial score (nSPS) is 22.2. The summed E-state index contributed by atoms with van der Waals surface area (Å²) >= 11 is 3.39. The Balaban J connectivity index is 1.83. The van der Waals surface area contributed by atoms with Crippen LogP contribution in [0.2, 0.25) is 0 Å². The van der Waals surface area contributed by atoms with Gasteiger partial charge in [0.05, 0.1) is 5.92 Å². The van der Waals surface area contributed by atoms with E-state index in [1.807, 2.05) is 42.5 Å². The van der Waals surface area contributed by atoms with Gasteiger partial charge in [-0.05, 0) is 41.5 Å². The molecule has 2 aromatic rings. The molecule has 0 saturated heterocycles. The number of carbonyl (C=O) groups is 1. The SMILES string of the molecule is O=C(O)C(c1ccc(Br)cc1)C1CC1c1ccccc1. The second kappa shape index (κ2) is 5.41. The maximum atomic E-state index is 11.6. The first-order valence-electron chi connectivity index (χ1n) is 6.70. The Bertz CT molecular complexity index is 607. The van der Waals surface area contributed by atoms with E-state index in [2.05, 4.69) is 28.1 Å². The summed E-state index contributed by atoms with van der Waals surface area (Å²) in [5.41, 5.74) is 2.14. The number of hydrogen-bond donors (Lipinski definition) is 1. The van der Waals surface area contributed by atoms with Crippen LogP contribution in [0, 0.1) is 5.92 Å². The molecule has 0 bridgehead atoms. The minimum atomic E-state index is -0.726. The molecule has 2 nitrogen and oxygen atoms in total. The van der Waals surface area contributed by atoms with Crippen LogP contribution in [0.25, 0.3) is 0 Å². The van der Waals surface area contributed by atoms with Crippen molar-refractivity contribution in [3.05, 3.63) is 70.2 Å².